The maximum Gasteiger partial charge on any atom is 0.139 e. The first-order chi connectivity index (χ1) is 16.9. The van der Waals surface area contributed by atoms with Crippen molar-refractivity contribution in [3.8, 4) is 0 Å². The number of aliphatic hydroxyl groups excluding tert-OH is 1. The molecule has 0 aromatic rings. The molecule has 36 heavy (non-hydrogen) atoms. The van der Waals surface area contributed by atoms with Crippen LogP contribution in [0.4, 0.5) is 0 Å². The van der Waals surface area contributed by atoms with Crippen molar-refractivity contribution < 1.29 is 14.6 Å². The fourth-order valence-corrected chi connectivity index (χ4v) is 10.2. The minimum absolute atomic E-state index is 0.195. The number of hydrogen-bond donors (Lipinski definition) is 1. The van der Waals surface area contributed by atoms with E-state index < -0.39 is 0 Å². The van der Waals surface area contributed by atoms with E-state index >= 15 is 0 Å². The molecule has 0 bridgehead atoms. The van der Waals surface area contributed by atoms with E-state index in [1.807, 2.05) is 0 Å². The predicted molar refractivity (Wildman–Crippen MR) is 146 cm³/mol. The number of rotatable bonds is 6. The van der Waals surface area contributed by atoms with E-state index in [9.17, 15) is 9.90 Å². The van der Waals surface area contributed by atoms with Gasteiger partial charge in [-0.15, -0.1) is 0 Å². The van der Waals surface area contributed by atoms with E-state index in [0.717, 1.165) is 49.7 Å². The van der Waals surface area contributed by atoms with Gasteiger partial charge in [-0.1, -0.05) is 48.0 Å². The molecular formula is C33H54O3. The molecule has 0 aromatic carbocycles. The van der Waals surface area contributed by atoms with Gasteiger partial charge in [0, 0.05) is 30.8 Å². The van der Waals surface area contributed by atoms with E-state index in [-0.39, 0.29) is 17.6 Å². The quantitative estimate of drug-likeness (QED) is 0.404. The molecule has 0 radical (unpaired) electrons. The second-order valence-electron chi connectivity index (χ2n) is 15.3. The lowest BCUT2D eigenvalue weighted by Crippen LogP contribution is -2.57. The van der Waals surface area contributed by atoms with Gasteiger partial charge in [-0.25, -0.2) is 0 Å². The summed E-state index contributed by atoms with van der Waals surface area (Å²) in [6.07, 6.45) is 15.0. The standard InChI is InChI=1S/C33H54O3/c1-8-30(3,4)22-14-15-31(5)23(16-22)12-13-25-26(31)18-29(35)33(7)27(25)19-32(6)28(33)17-24(36-32)11-9-10-21(2)20-34/h11,21-23,25-28,34H,8-10,12-20H2,1-7H3/b24-11-/t21?,22-,23?,25+,26?,27?,28?,31-,32?,33-/m0/s1. The number of hydrogen-bond acceptors (Lipinski definition) is 3. The largest absolute Gasteiger partial charge is 0.492 e. The van der Waals surface area contributed by atoms with Gasteiger partial charge in [-0.3, -0.25) is 4.79 Å². The molecular weight excluding hydrogens is 444 g/mol. The maximum absolute atomic E-state index is 14.2. The van der Waals surface area contributed by atoms with Crippen LogP contribution in [-0.2, 0) is 9.53 Å². The number of ether oxygens (including phenoxy) is 1. The molecule has 1 aliphatic heterocycles. The van der Waals surface area contributed by atoms with Crippen LogP contribution in [0, 0.1) is 57.7 Å². The first-order valence-electron chi connectivity index (χ1n) is 15.4. The lowest BCUT2D eigenvalue weighted by Gasteiger charge is -2.61. The number of fused-ring (bicyclic) bond motifs is 7. The molecule has 5 fully saturated rings. The number of Topliss-reactive ketones (excluding diaryl/α,β-unsaturated/α-hetero) is 1. The molecule has 4 saturated carbocycles. The molecule has 0 spiro atoms. The zero-order valence-corrected chi connectivity index (χ0v) is 24.4. The van der Waals surface area contributed by atoms with E-state index in [4.69, 9.17) is 4.74 Å². The number of allylic oxidation sites excluding steroid dienone is 2. The number of ketones is 1. The summed E-state index contributed by atoms with van der Waals surface area (Å²) >= 11 is 0. The van der Waals surface area contributed by atoms with Crippen molar-refractivity contribution in [1.82, 2.24) is 0 Å². The molecule has 5 rings (SSSR count). The summed E-state index contributed by atoms with van der Waals surface area (Å²) in [5, 5.41) is 9.35. The summed E-state index contributed by atoms with van der Waals surface area (Å²) in [6, 6.07) is 0. The molecule has 3 nitrogen and oxygen atoms in total. The zero-order valence-electron chi connectivity index (χ0n) is 24.4. The Morgan fingerprint density at radius 2 is 1.89 bits per heavy atom. The van der Waals surface area contributed by atoms with Gasteiger partial charge in [0.25, 0.3) is 0 Å². The Morgan fingerprint density at radius 3 is 2.58 bits per heavy atom. The average Bonchev–Trinajstić information content (AvgIpc) is 3.28. The van der Waals surface area contributed by atoms with Crippen LogP contribution in [0.5, 0.6) is 0 Å². The van der Waals surface area contributed by atoms with Crippen LogP contribution in [0.1, 0.15) is 119 Å². The monoisotopic (exact) mass is 498 g/mol. The van der Waals surface area contributed by atoms with Crippen LogP contribution in [0.15, 0.2) is 11.8 Å². The summed E-state index contributed by atoms with van der Waals surface area (Å²) in [7, 11) is 0. The van der Waals surface area contributed by atoms with Gasteiger partial charge in [0.15, 0.2) is 0 Å². The molecule has 0 amide bonds. The van der Waals surface area contributed by atoms with Gasteiger partial charge in [0.2, 0.25) is 0 Å². The Balaban J connectivity index is 1.34. The van der Waals surface area contributed by atoms with Gasteiger partial charge in [0.05, 0.1) is 5.76 Å². The summed E-state index contributed by atoms with van der Waals surface area (Å²) < 4.78 is 6.72. The van der Waals surface area contributed by atoms with Crippen molar-refractivity contribution in [3.63, 3.8) is 0 Å². The Labute approximate surface area is 221 Å². The number of aliphatic hydroxyl groups is 1. The van der Waals surface area contributed by atoms with E-state index in [2.05, 4.69) is 54.5 Å². The third-order valence-electron chi connectivity index (χ3n) is 13.3. The SMILES string of the molecule is CCC(C)(C)[C@H]1CC[C@@]2(C)C(CC[C@@H]3C2CC(=O)[C@@]2(C)C3CC3(C)O/C(=C\CCC(C)CO)CC32)C1. The topological polar surface area (TPSA) is 46.5 Å². The molecule has 204 valence electrons. The Morgan fingerprint density at radius 1 is 1.14 bits per heavy atom. The normalized spacial score (nSPS) is 48.1. The van der Waals surface area contributed by atoms with Gasteiger partial charge in [0.1, 0.15) is 11.4 Å². The summed E-state index contributed by atoms with van der Waals surface area (Å²) in [4.78, 5) is 14.2. The second-order valence-corrected chi connectivity index (χ2v) is 15.3. The molecule has 6 unspecified atom stereocenters. The van der Waals surface area contributed by atoms with Crippen molar-refractivity contribution in [2.45, 2.75) is 125 Å². The van der Waals surface area contributed by atoms with Crippen LogP contribution in [0.25, 0.3) is 0 Å². The van der Waals surface area contributed by atoms with Gasteiger partial charge in [-0.2, -0.15) is 0 Å². The molecule has 3 heteroatoms. The van der Waals surface area contributed by atoms with Crippen LogP contribution >= 0.6 is 0 Å². The second kappa shape index (κ2) is 9.13. The fraction of sp³-hybridized carbons (Fsp3) is 0.909. The smallest absolute Gasteiger partial charge is 0.139 e. The lowest BCUT2D eigenvalue weighted by molar-refractivity contribution is -0.159. The number of carbonyl (C=O) groups excluding carboxylic acids is 1. The van der Waals surface area contributed by atoms with Crippen molar-refractivity contribution in [2.24, 2.45) is 57.7 Å². The van der Waals surface area contributed by atoms with Crippen molar-refractivity contribution in [1.29, 1.82) is 0 Å². The Kier molecular flexibility index (Phi) is 6.79. The minimum atomic E-state index is -0.228. The van der Waals surface area contributed by atoms with E-state index in [1.165, 1.54) is 38.5 Å². The maximum atomic E-state index is 14.2. The Bertz CT molecular complexity index is 889. The van der Waals surface area contributed by atoms with Crippen molar-refractivity contribution in [3.05, 3.63) is 11.8 Å². The molecule has 1 N–H and O–H groups in total. The first kappa shape index (κ1) is 26.8. The van der Waals surface area contributed by atoms with Crippen molar-refractivity contribution in [2.75, 3.05) is 6.61 Å². The minimum Gasteiger partial charge on any atom is -0.492 e. The third-order valence-corrected chi connectivity index (χ3v) is 13.3. The molecule has 1 saturated heterocycles. The Hall–Kier alpha value is -0.830. The van der Waals surface area contributed by atoms with E-state index in [0.29, 0.717) is 46.2 Å². The average molecular weight is 499 g/mol. The molecule has 1 heterocycles. The fourth-order valence-electron chi connectivity index (χ4n) is 10.2. The highest BCUT2D eigenvalue weighted by atomic mass is 16.5. The van der Waals surface area contributed by atoms with E-state index in [1.54, 1.807) is 0 Å². The van der Waals surface area contributed by atoms with Gasteiger partial charge < -0.3 is 9.84 Å². The molecule has 10 atom stereocenters. The zero-order chi connectivity index (χ0) is 26.1. The van der Waals surface area contributed by atoms with Crippen molar-refractivity contribution >= 4 is 5.78 Å². The summed E-state index contributed by atoms with van der Waals surface area (Å²) in [6.45, 7) is 16.9. The molecule has 4 aliphatic carbocycles. The van der Waals surface area contributed by atoms with Crippen LogP contribution in [0.2, 0.25) is 0 Å². The predicted octanol–water partition coefficient (Wildman–Crippen LogP) is 7.96. The highest BCUT2D eigenvalue weighted by Gasteiger charge is 2.70. The lowest BCUT2D eigenvalue weighted by atomic mass is 9.43. The van der Waals surface area contributed by atoms with Gasteiger partial charge >= 0.3 is 0 Å². The van der Waals surface area contributed by atoms with Gasteiger partial charge in [-0.05, 0) is 111 Å². The molecule has 5 aliphatic rings. The third kappa shape index (κ3) is 3.95. The van der Waals surface area contributed by atoms with Crippen LogP contribution < -0.4 is 0 Å². The highest BCUT2D eigenvalue weighted by molar-refractivity contribution is 5.87. The summed E-state index contributed by atoms with van der Waals surface area (Å²) in [5.41, 5.74) is 0.358. The molecule has 0 aromatic heterocycles. The summed E-state index contributed by atoms with van der Waals surface area (Å²) in [5.74, 6) is 5.69. The van der Waals surface area contributed by atoms with Crippen LogP contribution in [0.3, 0.4) is 0 Å². The van der Waals surface area contributed by atoms with Crippen LogP contribution in [-0.4, -0.2) is 23.1 Å². The highest BCUT2D eigenvalue weighted by Crippen LogP contribution is 2.71. The first-order valence-corrected chi connectivity index (χ1v) is 15.4. The number of carbonyl (C=O) groups is 1.